The highest BCUT2D eigenvalue weighted by atomic mass is 14.8. The molecule has 0 heterocycles. The summed E-state index contributed by atoms with van der Waals surface area (Å²) in [7, 11) is 0. The zero-order chi connectivity index (χ0) is 11.0. The minimum Gasteiger partial charge on any atom is -0.327 e. The van der Waals surface area contributed by atoms with Crippen LogP contribution in [0.4, 0.5) is 0 Å². The van der Waals surface area contributed by atoms with Gasteiger partial charge in [0, 0.05) is 6.04 Å². The summed E-state index contributed by atoms with van der Waals surface area (Å²) in [6.07, 6.45) is 5.15. The Morgan fingerprint density at radius 3 is 1.93 bits per heavy atom. The van der Waals surface area contributed by atoms with Gasteiger partial charge in [-0.15, -0.1) is 0 Å². The van der Waals surface area contributed by atoms with Gasteiger partial charge in [-0.1, -0.05) is 53.9 Å². The SMILES string of the molecule is CCCCCC(N)C1C(C)(C)C1(C)C. The van der Waals surface area contributed by atoms with E-state index in [4.69, 9.17) is 5.73 Å². The van der Waals surface area contributed by atoms with Crippen LogP contribution in [0.15, 0.2) is 0 Å². The summed E-state index contributed by atoms with van der Waals surface area (Å²) >= 11 is 0. The second kappa shape index (κ2) is 3.84. The first kappa shape index (κ1) is 12.0. The smallest absolute Gasteiger partial charge is 0.00777 e. The molecular weight excluding hydrogens is 170 g/mol. The Labute approximate surface area is 89.5 Å². The highest BCUT2D eigenvalue weighted by Gasteiger charge is 2.66. The number of rotatable bonds is 5. The highest BCUT2D eigenvalue weighted by Crippen LogP contribution is 2.69. The molecule has 0 radical (unpaired) electrons. The van der Waals surface area contributed by atoms with Gasteiger partial charge < -0.3 is 5.73 Å². The first-order chi connectivity index (χ1) is 6.35. The van der Waals surface area contributed by atoms with E-state index < -0.39 is 0 Å². The Morgan fingerprint density at radius 1 is 1.07 bits per heavy atom. The van der Waals surface area contributed by atoms with Crippen molar-refractivity contribution in [1.29, 1.82) is 0 Å². The van der Waals surface area contributed by atoms with Crippen LogP contribution in [0, 0.1) is 16.7 Å². The molecule has 14 heavy (non-hydrogen) atoms. The molecule has 0 amide bonds. The Hall–Kier alpha value is -0.0400. The molecule has 1 atom stereocenters. The van der Waals surface area contributed by atoms with Crippen LogP contribution in [-0.4, -0.2) is 6.04 Å². The Kier molecular flexibility index (Phi) is 3.30. The van der Waals surface area contributed by atoms with Crippen molar-refractivity contribution in [1.82, 2.24) is 0 Å². The van der Waals surface area contributed by atoms with Crippen LogP contribution in [0.1, 0.15) is 60.3 Å². The van der Waals surface area contributed by atoms with Gasteiger partial charge in [0.15, 0.2) is 0 Å². The third-order valence-electron chi connectivity index (χ3n) is 4.70. The summed E-state index contributed by atoms with van der Waals surface area (Å²) in [6, 6.07) is 0.423. The fraction of sp³-hybridized carbons (Fsp3) is 1.00. The quantitative estimate of drug-likeness (QED) is 0.670. The molecule has 0 spiro atoms. The molecular formula is C13H27N. The second-order valence-corrected chi connectivity index (χ2v) is 6.08. The van der Waals surface area contributed by atoms with Crippen LogP contribution in [0.3, 0.4) is 0 Å². The van der Waals surface area contributed by atoms with Crippen LogP contribution in [0.2, 0.25) is 0 Å². The number of hydrogen-bond acceptors (Lipinski definition) is 1. The molecule has 84 valence electrons. The van der Waals surface area contributed by atoms with Crippen molar-refractivity contribution >= 4 is 0 Å². The zero-order valence-electron chi connectivity index (χ0n) is 10.6. The maximum atomic E-state index is 6.27. The van der Waals surface area contributed by atoms with Gasteiger partial charge in [-0.2, -0.15) is 0 Å². The lowest BCUT2D eigenvalue weighted by Gasteiger charge is -2.13. The van der Waals surface area contributed by atoms with Gasteiger partial charge in [0.1, 0.15) is 0 Å². The van der Waals surface area contributed by atoms with Crippen molar-refractivity contribution in [2.75, 3.05) is 0 Å². The van der Waals surface area contributed by atoms with Crippen molar-refractivity contribution in [3.63, 3.8) is 0 Å². The molecule has 1 fully saturated rings. The maximum absolute atomic E-state index is 6.27. The van der Waals surface area contributed by atoms with Gasteiger partial charge in [0.05, 0.1) is 0 Å². The van der Waals surface area contributed by atoms with Crippen LogP contribution in [0.5, 0.6) is 0 Å². The van der Waals surface area contributed by atoms with Gasteiger partial charge in [0.2, 0.25) is 0 Å². The minimum absolute atomic E-state index is 0.423. The molecule has 1 unspecified atom stereocenters. The lowest BCUT2D eigenvalue weighted by molar-refractivity contribution is 0.440. The molecule has 0 aromatic heterocycles. The van der Waals surface area contributed by atoms with Crippen LogP contribution < -0.4 is 5.73 Å². The lowest BCUT2D eigenvalue weighted by Crippen LogP contribution is -2.25. The Balaban J connectivity index is 2.37. The summed E-state index contributed by atoms with van der Waals surface area (Å²) < 4.78 is 0. The van der Waals surface area contributed by atoms with E-state index in [0.717, 1.165) is 5.92 Å². The van der Waals surface area contributed by atoms with Crippen LogP contribution in [0.25, 0.3) is 0 Å². The average molecular weight is 197 g/mol. The first-order valence-electron chi connectivity index (χ1n) is 6.11. The van der Waals surface area contributed by atoms with E-state index in [1.807, 2.05) is 0 Å². The largest absolute Gasteiger partial charge is 0.327 e. The van der Waals surface area contributed by atoms with E-state index in [2.05, 4.69) is 34.6 Å². The van der Waals surface area contributed by atoms with Crippen molar-refractivity contribution in [3.05, 3.63) is 0 Å². The van der Waals surface area contributed by atoms with E-state index in [0.29, 0.717) is 16.9 Å². The minimum atomic E-state index is 0.423. The van der Waals surface area contributed by atoms with Gasteiger partial charge in [-0.05, 0) is 23.2 Å². The molecule has 1 heteroatoms. The number of nitrogens with two attached hydrogens (primary N) is 1. The van der Waals surface area contributed by atoms with E-state index in [1.165, 1.54) is 25.7 Å². The standard InChI is InChI=1S/C13H27N/c1-6-7-8-9-10(14)11-12(2,3)13(11,4)5/h10-11H,6-9,14H2,1-5H3. The van der Waals surface area contributed by atoms with E-state index in [9.17, 15) is 0 Å². The number of unbranched alkanes of at least 4 members (excludes halogenated alkanes) is 2. The third-order valence-corrected chi connectivity index (χ3v) is 4.70. The molecule has 0 aromatic carbocycles. The molecule has 1 rings (SSSR count). The Bertz CT molecular complexity index is 179. The fourth-order valence-corrected chi connectivity index (χ4v) is 3.11. The number of hydrogen-bond donors (Lipinski definition) is 1. The fourth-order valence-electron chi connectivity index (χ4n) is 3.11. The second-order valence-electron chi connectivity index (χ2n) is 6.08. The molecule has 2 N–H and O–H groups in total. The average Bonchev–Trinajstić information content (AvgIpc) is 2.43. The van der Waals surface area contributed by atoms with E-state index >= 15 is 0 Å². The maximum Gasteiger partial charge on any atom is 0.00777 e. The van der Waals surface area contributed by atoms with E-state index in [-0.39, 0.29) is 0 Å². The Morgan fingerprint density at radius 2 is 1.57 bits per heavy atom. The monoisotopic (exact) mass is 197 g/mol. The first-order valence-corrected chi connectivity index (χ1v) is 6.11. The normalized spacial score (nSPS) is 26.1. The summed E-state index contributed by atoms with van der Waals surface area (Å²) in [6.45, 7) is 11.7. The lowest BCUT2D eigenvalue weighted by atomic mass is 9.99. The highest BCUT2D eigenvalue weighted by molar-refractivity contribution is 5.15. The van der Waals surface area contributed by atoms with Crippen LogP contribution >= 0.6 is 0 Å². The molecule has 0 saturated heterocycles. The molecule has 1 nitrogen and oxygen atoms in total. The van der Waals surface area contributed by atoms with Gasteiger partial charge in [-0.25, -0.2) is 0 Å². The summed E-state index contributed by atoms with van der Waals surface area (Å²) in [5.74, 6) is 0.729. The molecule has 1 aliphatic rings. The van der Waals surface area contributed by atoms with E-state index in [1.54, 1.807) is 0 Å². The molecule has 0 aromatic rings. The van der Waals surface area contributed by atoms with Gasteiger partial charge >= 0.3 is 0 Å². The summed E-state index contributed by atoms with van der Waals surface area (Å²) in [5.41, 5.74) is 7.18. The van der Waals surface area contributed by atoms with Gasteiger partial charge in [0.25, 0.3) is 0 Å². The molecule has 1 saturated carbocycles. The zero-order valence-corrected chi connectivity index (χ0v) is 10.6. The summed E-state index contributed by atoms with van der Waals surface area (Å²) in [5, 5.41) is 0. The predicted octanol–water partition coefficient (Wildman–Crippen LogP) is 3.58. The van der Waals surface area contributed by atoms with Gasteiger partial charge in [-0.3, -0.25) is 0 Å². The third kappa shape index (κ3) is 1.84. The van der Waals surface area contributed by atoms with Crippen molar-refractivity contribution < 1.29 is 0 Å². The molecule has 0 bridgehead atoms. The van der Waals surface area contributed by atoms with Crippen molar-refractivity contribution in [3.8, 4) is 0 Å². The molecule has 1 aliphatic carbocycles. The summed E-state index contributed by atoms with van der Waals surface area (Å²) in [4.78, 5) is 0. The predicted molar refractivity (Wildman–Crippen MR) is 63.2 cm³/mol. The van der Waals surface area contributed by atoms with Crippen LogP contribution in [-0.2, 0) is 0 Å². The topological polar surface area (TPSA) is 26.0 Å². The van der Waals surface area contributed by atoms with Crippen molar-refractivity contribution in [2.45, 2.75) is 66.3 Å². The van der Waals surface area contributed by atoms with Crippen molar-refractivity contribution in [2.24, 2.45) is 22.5 Å². The molecule has 0 aliphatic heterocycles.